The summed E-state index contributed by atoms with van der Waals surface area (Å²) in [6, 6.07) is 6.54. The summed E-state index contributed by atoms with van der Waals surface area (Å²) in [5, 5.41) is 12.7. The second-order valence-electron chi connectivity index (χ2n) is 4.04. The van der Waals surface area contributed by atoms with Crippen LogP contribution in [0.2, 0.25) is 0 Å². The third-order valence-electron chi connectivity index (χ3n) is 2.49. The smallest absolute Gasteiger partial charge is 0.126 e. The topological polar surface area (TPSA) is 33.1 Å². The molecule has 0 aliphatic carbocycles. The molecule has 0 saturated carbocycles. The maximum Gasteiger partial charge on any atom is 0.126 e. The second kappa shape index (κ2) is 5.38. The fraction of sp³-hybridized carbons (Fsp3) is 0.308. The van der Waals surface area contributed by atoms with Gasteiger partial charge in [-0.3, -0.25) is 0 Å². The predicted molar refractivity (Wildman–Crippen MR) is 66.7 cm³/mol. The monoisotopic (exact) mass is 251 g/mol. The second-order valence-corrected chi connectivity index (χ2v) is 4.98. The number of halogens is 1. The van der Waals surface area contributed by atoms with Gasteiger partial charge in [-0.15, -0.1) is 11.3 Å². The van der Waals surface area contributed by atoms with Gasteiger partial charge in [0, 0.05) is 23.9 Å². The van der Waals surface area contributed by atoms with Gasteiger partial charge in [-0.25, -0.2) is 9.37 Å². The van der Waals surface area contributed by atoms with Crippen LogP contribution in [0.1, 0.15) is 16.3 Å². The van der Waals surface area contributed by atoms with Crippen molar-refractivity contribution in [2.45, 2.75) is 25.9 Å². The SMILES string of the molecule is Cc1csc(CC(O)Cc2ccccc2F)n1. The van der Waals surface area contributed by atoms with Gasteiger partial charge in [0.25, 0.3) is 0 Å². The first kappa shape index (κ1) is 12.2. The average Bonchev–Trinajstić information content (AvgIpc) is 2.67. The van der Waals surface area contributed by atoms with E-state index in [1.54, 1.807) is 18.2 Å². The highest BCUT2D eigenvalue weighted by Gasteiger charge is 2.11. The Balaban J connectivity index is 1.98. The van der Waals surface area contributed by atoms with Crippen molar-refractivity contribution in [2.24, 2.45) is 0 Å². The first-order chi connectivity index (χ1) is 8.15. The van der Waals surface area contributed by atoms with Gasteiger partial charge in [-0.1, -0.05) is 18.2 Å². The van der Waals surface area contributed by atoms with Crippen LogP contribution in [-0.2, 0) is 12.8 Å². The first-order valence-corrected chi connectivity index (χ1v) is 6.35. The van der Waals surface area contributed by atoms with Crippen LogP contribution in [-0.4, -0.2) is 16.2 Å². The van der Waals surface area contributed by atoms with Crippen molar-refractivity contribution in [3.05, 3.63) is 51.7 Å². The minimum Gasteiger partial charge on any atom is -0.392 e. The first-order valence-electron chi connectivity index (χ1n) is 5.47. The lowest BCUT2D eigenvalue weighted by Crippen LogP contribution is -2.14. The number of hydrogen-bond acceptors (Lipinski definition) is 3. The lowest BCUT2D eigenvalue weighted by atomic mass is 10.1. The summed E-state index contributed by atoms with van der Waals surface area (Å²) >= 11 is 1.53. The molecule has 1 N–H and O–H groups in total. The Labute approximate surface area is 104 Å². The van der Waals surface area contributed by atoms with Crippen LogP contribution in [0.5, 0.6) is 0 Å². The van der Waals surface area contributed by atoms with Crippen molar-refractivity contribution in [2.75, 3.05) is 0 Å². The van der Waals surface area contributed by atoms with Crippen molar-refractivity contribution in [3.63, 3.8) is 0 Å². The molecule has 1 aromatic carbocycles. The summed E-state index contributed by atoms with van der Waals surface area (Å²) in [6.07, 6.45) is 0.218. The zero-order valence-electron chi connectivity index (χ0n) is 9.56. The molecule has 0 spiro atoms. The van der Waals surface area contributed by atoms with Gasteiger partial charge < -0.3 is 5.11 Å². The largest absolute Gasteiger partial charge is 0.392 e. The summed E-state index contributed by atoms with van der Waals surface area (Å²) in [5.74, 6) is -0.262. The van der Waals surface area contributed by atoms with Gasteiger partial charge in [0.05, 0.1) is 11.1 Å². The average molecular weight is 251 g/mol. The van der Waals surface area contributed by atoms with Crippen LogP contribution >= 0.6 is 11.3 Å². The van der Waals surface area contributed by atoms with Gasteiger partial charge in [-0.05, 0) is 18.6 Å². The number of hydrogen-bond donors (Lipinski definition) is 1. The highest BCUT2D eigenvalue weighted by Crippen LogP contribution is 2.15. The number of nitrogens with zero attached hydrogens (tertiary/aromatic N) is 1. The quantitative estimate of drug-likeness (QED) is 0.906. The standard InChI is InChI=1S/C13H14FNOS/c1-9-8-17-13(15-9)7-11(16)6-10-4-2-3-5-12(10)14/h2-5,8,11,16H,6-7H2,1H3. The molecule has 2 nitrogen and oxygen atoms in total. The molecule has 90 valence electrons. The number of benzene rings is 1. The molecule has 0 bridgehead atoms. The highest BCUT2D eigenvalue weighted by molar-refractivity contribution is 7.09. The summed E-state index contributed by atoms with van der Waals surface area (Å²) in [4.78, 5) is 4.28. The third kappa shape index (κ3) is 3.35. The zero-order valence-corrected chi connectivity index (χ0v) is 10.4. The van der Waals surface area contributed by atoms with E-state index in [1.165, 1.54) is 17.4 Å². The highest BCUT2D eigenvalue weighted by atomic mass is 32.1. The predicted octanol–water partition coefficient (Wildman–Crippen LogP) is 2.74. The number of thiazole rings is 1. The molecule has 0 fully saturated rings. The molecule has 0 aliphatic heterocycles. The van der Waals surface area contributed by atoms with Crippen molar-refractivity contribution in [1.82, 2.24) is 4.98 Å². The van der Waals surface area contributed by atoms with E-state index in [2.05, 4.69) is 4.98 Å². The molecule has 0 radical (unpaired) electrons. The molecule has 1 atom stereocenters. The summed E-state index contributed by atoms with van der Waals surface area (Å²) in [5.41, 5.74) is 1.51. The number of aromatic nitrogens is 1. The Hall–Kier alpha value is -1.26. The van der Waals surface area contributed by atoms with Crippen molar-refractivity contribution < 1.29 is 9.50 Å². The van der Waals surface area contributed by atoms with E-state index in [0.29, 0.717) is 18.4 Å². The molecule has 0 aliphatic rings. The van der Waals surface area contributed by atoms with Gasteiger partial charge in [0.2, 0.25) is 0 Å². The molecule has 0 saturated heterocycles. The maximum atomic E-state index is 13.4. The van der Waals surface area contributed by atoms with Crippen LogP contribution in [0.25, 0.3) is 0 Å². The molecule has 1 aromatic heterocycles. The summed E-state index contributed by atoms with van der Waals surface area (Å²) in [6.45, 7) is 1.92. The van der Waals surface area contributed by atoms with E-state index in [9.17, 15) is 9.50 Å². The Bertz CT molecular complexity index is 498. The Morgan fingerprint density at radius 3 is 2.76 bits per heavy atom. The van der Waals surface area contributed by atoms with Crippen LogP contribution in [0.3, 0.4) is 0 Å². The van der Waals surface area contributed by atoms with E-state index in [1.807, 2.05) is 12.3 Å². The fourth-order valence-electron chi connectivity index (χ4n) is 1.69. The van der Waals surface area contributed by atoms with Crippen molar-refractivity contribution >= 4 is 11.3 Å². The van der Waals surface area contributed by atoms with Gasteiger partial charge in [-0.2, -0.15) is 0 Å². The zero-order chi connectivity index (χ0) is 12.3. The van der Waals surface area contributed by atoms with E-state index in [0.717, 1.165) is 10.7 Å². The normalized spacial score (nSPS) is 12.6. The fourth-order valence-corrected chi connectivity index (χ4v) is 2.53. The van der Waals surface area contributed by atoms with Crippen molar-refractivity contribution in [1.29, 1.82) is 0 Å². The minimum atomic E-state index is -0.586. The van der Waals surface area contributed by atoms with Crippen LogP contribution in [0.15, 0.2) is 29.6 Å². The lowest BCUT2D eigenvalue weighted by molar-refractivity contribution is 0.174. The van der Waals surface area contributed by atoms with Crippen molar-refractivity contribution in [3.8, 4) is 0 Å². The molecule has 17 heavy (non-hydrogen) atoms. The van der Waals surface area contributed by atoms with Crippen LogP contribution < -0.4 is 0 Å². The summed E-state index contributed by atoms with van der Waals surface area (Å²) < 4.78 is 13.4. The molecule has 2 aromatic rings. The van der Waals surface area contributed by atoms with E-state index in [-0.39, 0.29) is 5.82 Å². The van der Waals surface area contributed by atoms with Crippen LogP contribution in [0.4, 0.5) is 4.39 Å². The van der Waals surface area contributed by atoms with E-state index < -0.39 is 6.10 Å². The molecule has 4 heteroatoms. The Morgan fingerprint density at radius 2 is 2.12 bits per heavy atom. The van der Waals surface area contributed by atoms with Crippen LogP contribution in [0, 0.1) is 12.7 Å². The Kier molecular flexibility index (Phi) is 3.86. The maximum absolute atomic E-state index is 13.4. The molecular formula is C13H14FNOS. The molecule has 0 amide bonds. The molecule has 1 unspecified atom stereocenters. The molecular weight excluding hydrogens is 237 g/mol. The van der Waals surface area contributed by atoms with E-state index >= 15 is 0 Å². The number of rotatable bonds is 4. The third-order valence-corrected chi connectivity index (χ3v) is 3.48. The van der Waals surface area contributed by atoms with Gasteiger partial charge in [0.15, 0.2) is 0 Å². The number of aliphatic hydroxyl groups is 1. The summed E-state index contributed by atoms with van der Waals surface area (Å²) in [7, 11) is 0. The number of aliphatic hydroxyl groups excluding tert-OH is 1. The molecule has 1 heterocycles. The van der Waals surface area contributed by atoms with E-state index in [4.69, 9.17) is 0 Å². The minimum absolute atomic E-state index is 0.262. The lowest BCUT2D eigenvalue weighted by Gasteiger charge is -2.09. The Morgan fingerprint density at radius 1 is 1.35 bits per heavy atom. The van der Waals surface area contributed by atoms with Gasteiger partial charge in [0.1, 0.15) is 5.82 Å². The number of aryl methyl sites for hydroxylation is 1. The van der Waals surface area contributed by atoms with Gasteiger partial charge >= 0.3 is 0 Å². The molecule has 2 rings (SSSR count).